The van der Waals surface area contributed by atoms with Gasteiger partial charge in [0.25, 0.3) is 0 Å². The molecule has 0 amide bonds. The summed E-state index contributed by atoms with van der Waals surface area (Å²) in [6.07, 6.45) is 1.47. The SMILES string of the molecule is C=C(Nc1cc(Oc2ccc(NC)cc2)ncn1)C(C)C. The highest BCUT2D eigenvalue weighted by Crippen LogP contribution is 2.23. The normalized spacial score (nSPS) is 10.3. The fourth-order valence-corrected chi connectivity index (χ4v) is 1.58. The standard InChI is InChI=1S/C16H20N4O/c1-11(2)12(3)20-15-9-16(19-10-18-15)21-14-7-5-13(17-4)6-8-14/h5-11,17H,3H2,1-2,4H3,(H,18,19,20). The van der Waals surface area contributed by atoms with Crippen molar-refractivity contribution in [2.24, 2.45) is 5.92 Å². The van der Waals surface area contributed by atoms with Crippen molar-refractivity contribution in [2.45, 2.75) is 13.8 Å². The molecule has 2 aromatic rings. The summed E-state index contributed by atoms with van der Waals surface area (Å²) < 4.78 is 5.71. The molecule has 1 aromatic carbocycles. The highest BCUT2D eigenvalue weighted by atomic mass is 16.5. The van der Waals surface area contributed by atoms with Gasteiger partial charge in [-0.05, 0) is 30.2 Å². The molecule has 0 saturated carbocycles. The van der Waals surface area contributed by atoms with Crippen LogP contribution in [0.15, 0.2) is 48.9 Å². The Labute approximate surface area is 125 Å². The van der Waals surface area contributed by atoms with Gasteiger partial charge in [-0.1, -0.05) is 20.4 Å². The first-order valence-corrected chi connectivity index (χ1v) is 6.82. The first-order chi connectivity index (χ1) is 10.1. The first-order valence-electron chi connectivity index (χ1n) is 6.82. The lowest BCUT2D eigenvalue weighted by atomic mass is 10.1. The van der Waals surface area contributed by atoms with E-state index >= 15 is 0 Å². The van der Waals surface area contributed by atoms with Gasteiger partial charge < -0.3 is 15.4 Å². The Bertz CT molecular complexity index is 608. The Morgan fingerprint density at radius 1 is 1.19 bits per heavy atom. The number of ether oxygens (including phenoxy) is 1. The predicted octanol–water partition coefficient (Wildman–Crippen LogP) is 3.89. The third-order valence-electron chi connectivity index (χ3n) is 2.99. The number of hydrogen-bond acceptors (Lipinski definition) is 5. The summed E-state index contributed by atoms with van der Waals surface area (Å²) in [7, 11) is 1.87. The molecular formula is C16H20N4O. The average molecular weight is 284 g/mol. The van der Waals surface area contributed by atoms with Gasteiger partial charge in [-0.2, -0.15) is 0 Å². The molecule has 5 heteroatoms. The van der Waals surface area contributed by atoms with Gasteiger partial charge in [0.1, 0.15) is 17.9 Å². The third kappa shape index (κ3) is 4.21. The average Bonchev–Trinajstić information content (AvgIpc) is 2.48. The van der Waals surface area contributed by atoms with E-state index in [1.807, 2.05) is 31.3 Å². The van der Waals surface area contributed by atoms with Crippen LogP contribution in [0.4, 0.5) is 11.5 Å². The van der Waals surface area contributed by atoms with E-state index in [1.54, 1.807) is 6.07 Å². The third-order valence-corrected chi connectivity index (χ3v) is 2.99. The predicted molar refractivity (Wildman–Crippen MR) is 85.7 cm³/mol. The highest BCUT2D eigenvalue weighted by Gasteiger charge is 2.05. The Kier molecular flexibility index (Phi) is 4.77. The van der Waals surface area contributed by atoms with Gasteiger partial charge >= 0.3 is 0 Å². The van der Waals surface area contributed by atoms with Crippen LogP contribution < -0.4 is 15.4 Å². The van der Waals surface area contributed by atoms with Crippen LogP contribution in [0.25, 0.3) is 0 Å². The molecule has 21 heavy (non-hydrogen) atoms. The second kappa shape index (κ2) is 6.74. The van der Waals surface area contributed by atoms with Crippen molar-refractivity contribution in [2.75, 3.05) is 17.7 Å². The fourth-order valence-electron chi connectivity index (χ4n) is 1.58. The lowest BCUT2D eigenvalue weighted by molar-refractivity contribution is 0.462. The summed E-state index contributed by atoms with van der Waals surface area (Å²) in [5.41, 5.74) is 1.93. The van der Waals surface area contributed by atoms with E-state index in [2.05, 4.69) is 41.0 Å². The minimum atomic E-state index is 0.332. The molecule has 0 atom stereocenters. The van der Waals surface area contributed by atoms with Crippen LogP contribution in [0.5, 0.6) is 11.6 Å². The van der Waals surface area contributed by atoms with Crippen molar-refractivity contribution < 1.29 is 4.74 Å². The molecule has 0 fully saturated rings. The van der Waals surface area contributed by atoms with Gasteiger partial charge in [0.15, 0.2) is 0 Å². The molecule has 1 heterocycles. The Morgan fingerprint density at radius 3 is 2.52 bits per heavy atom. The van der Waals surface area contributed by atoms with E-state index in [-0.39, 0.29) is 0 Å². The summed E-state index contributed by atoms with van der Waals surface area (Å²) in [5, 5.41) is 6.21. The topological polar surface area (TPSA) is 59.1 Å². The Hall–Kier alpha value is -2.56. The zero-order chi connectivity index (χ0) is 15.2. The molecule has 0 bridgehead atoms. The largest absolute Gasteiger partial charge is 0.439 e. The minimum absolute atomic E-state index is 0.332. The quantitative estimate of drug-likeness (QED) is 0.842. The van der Waals surface area contributed by atoms with E-state index < -0.39 is 0 Å². The number of aromatic nitrogens is 2. The van der Waals surface area contributed by atoms with Gasteiger partial charge in [-0.15, -0.1) is 0 Å². The molecule has 0 spiro atoms. The van der Waals surface area contributed by atoms with Crippen molar-refractivity contribution in [3.63, 3.8) is 0 Å². The van der Waals surface area contributed by atoms with Crippen LogP contribution in [-0.4, -0.2) is 17.0 Å². The number of hydrogen-bond donors (Lipinski definition) is 2. The smallest absolute Gasteiger partial charge is 0.224 e. The van der Waals surface area contributed by atoms with E-state index in [1.165, 1.54) is 6.33 Å². The number of allylic oxidation sites excluding steroid dienone is 1. The molecule has 110 valence electrons. The molecule has 2 rings (SSSR count). The summed E-state index contributed by atoms with van der Waals surface area (Å²) in [5.74, 6) is 2.21. The fraction of sp³-hybridized carbons (Fsp3) is 0.250. The molecular weight excluding hydrogens is 264 g/mol. The van der Waals surface area contributed by atoms with Gasteiger partial charge in [0, 0.05) is 24.5 Å². The first kappa shape index (κ1) is 14.8. The number of anilines is 2. The van der Waals surface area contributed by atoms with Crippen molar-refractivity contribution >= 4 is 11.5 Å². The Morgan fingerprint density at radius 2 is 1.90 bits per heavy atom. The summed E-state index contributed by atoms with van der Waals surface area (Å²) in [4.78, 5) is 8.27. The maximum absolute atomic E-state index is 5.71. The van der Waals surface area contributed by atoms with Gasteiger partial charge in [-0.25, -0.2) is 9.97 Å². The van der Waals surface area contributed by atoms with Gasteiger partial charge in [-0.3, -0.25) is 0 Å². The van der Waals surface area contributed by atoms with Crippen LogP contribution in [0, 0.1) is 5.92 Å². The van der Waals surface area contributed by atoms with Crippen molar-refractivity contribution in [1.29, 1.82) is 0 Å². The minimum Gasteiger partial charge on any atom is -0.439 e. The molecule has 1 aromatic heterocycles. The lowest BCUT2D eigenvalue weighted by Gasteiger charge is -2.12. The van der Waals surface area contributed by atoms with Crippen LogP contribution in [-0.2, 0) is 0 Å². The van der Waals surface area contributed by atoms with Crippen molar-refractivity contribution in [3.05, 3.63) is 48.9 Å². The maximum Gasteiger partial charge on any atom is 0.224 e. The second-order valence-electron chi connectivity index (χ2n) is 4.92. The van der Waals surface area contributed by atoms with Gasteiger partial charge in [0.2, 0.25) is 5.88 Å². The molecule has 0 unspecified atom stereocenters. The van der Waals surface area contributed by atoms with Crippen LogP contribution in [0.2, 0.25) is 0 Å². The lowest BCUT2D eigenvalue weighted by Crippen LogP contribution is -2.06. The number of rotatable bonds is 6. The number of nitrogens with one attached hydrogen (secondary N) is 2. The zero-order valence-corrected chi connectivity index (χ0v) is 12.6. The van der Waals surface area contributed by atoms with Crippen molar-refractivity contribution in [3.8, 4) is 11.6 Å². The molecule has 0 aliphatic heterocycles. The molecule has 0 aliphatic rings. The van der Waals surface area contributed by atoms with E-state index in [0.29, 0.717) is 17.6 Å². The maximum atomic E-state index is 5.71. The van der Waals surface area contributed by atoms with Crippen LogP contribution >= 0.6 is 0 Å². The van der Waals surface area contributed by atoms with Crippen LogP contribution in [0.3, 0.4) is 0 Å². The zero-order valence-electron chi connectivity index (χ0n) is 12.6. The molecule has 0 saturated heterocycles. The van der Waals surface area contributed by atoms with E-state index in [4.69, 9.17) is 4.74 Å². The number of nitrogens with zero attached hydrogens (tertiary/aromatic N) is 2. The van der Waals surface area contributed by atoms with Gasteiger partial charge in [0.05, 0.1) is 0 Å². The highest BCUT2D eigenvalue weighted by molar-refractivity contribution is 5.47. The van der Waals surface area contributed by atoms with Crippen molar-refractivity contribution in [1.82, 2.24) is 9.97 Å². The Balaban J connectivity index is 2.08. The molecule has 5 nitrogen and oxygen atoms in total. The number of benzene rings is 1. The summed E-state index contributed by atoms with van der Waals surface area (Å²) >= 11 is 0. The summed E-state index contributed by atoms with van der Waals surface area (Å²) in [6.45, 7) is 8.10. The molecule has 0 radical (unpaired) electrons. The monoisotopic (exact) mass is 284 g/mol. The van der Waals surface area contributed by atoms with E-state index in [9.17, 15) is 0 Å². The van der Waals surface area contributed by atoms with Crippen LogP contribution in [0.1, 0.15) is 13.8 Å². The summed E-state index contributed by atoms with van der Waals surface area (Å²) in [6, 6.07) is 9.40. The molecule has 0 aliphatic carbocycles. The second-order valence-corrected chi connectivity index (χ2v) is 4.92. The van der Waals surface area contributed by atoms with E-state index in [0.717, 1.165) is 17.1 Å². The molecule has 2 N–H and O–H groups in total.